The van der Waals surface area contributed by atoms with Gasteiger partial charge in [-0.3, -0.25) is 9.78 Å². The van der Waals surface area contributed by atoms with E-state index >= 15 is 0 Å². The third-order valence-corrected chi connectivity index (χ3v) is 1.65. The van der Waals surface area contributed by atoms with Crippen molar-refractivity contribution in [3.8, 4) is 0 Å². The van der Waals surface area contributed by atoms with Gasteiger partial charge in [0.05, 0.1) is 17.2 Å². The molecule has 0 saturated heterocycles. The van der Waals surface area contributed by atoms with Crippen molar-refractivity contribution in [1.29, 1.82) is 0 Å². The molecule has 2 heterocycles. The molecule has 0 fully saturated rings. The maximum atomic E-state index is 10.4. The fourth-order valence-corrected chi connectivity index (χ4v) is 1.14. The van der Waals surface area contributed by atoms with Crippen LogP contribution < -0.4 is 0 Å². The maximum absolute atomic E-state index is 10.4. The Kier molecular flexibility index (Phi) is 1.70. The van der Waals surface area contributed by atoms with E-state index in [0.717, 1.165) is 11.0 Å². The Balaban J connectivity index is 2.44. The van der Waals surface area contributed by atoms with Crippen LogP contribution in [-0.4, -0.2) is 26.0 Å². The summed E-state index contributed by atoms with van der Waals surface area (Å²) in [5, 5.41) is 8.52. The summed E-state index contributed by atoms with van der Waals surface area (Å²) >= 11 is 0. The van der Waals surface area contributed by atoms with Crippen LogP contribution in [0.15, 0.2) is 18.5 Å². The van der Waals surface area contributed by atoms with Gasteiger partial charge in [-0.1, -0.05) is 0 Å². The number of carbonyl (C=O) groups is 1. The number of nitrogens with one attached hydrogen (secondary N) is 1. The zero-order valence-electron chi connectivity index (χ0n) is 6.69. The Morgan fingerprint density at radius 2 is 2.46 bits per heavy atom. The van der Waals surface area contributed by atoms with E-state index in [4.69, 9.17) is 5.11 Å². The number of carboxylic acid groups (broad SMARTS) is 1. The van der Waals surface area contributed by atoms with Crippen molar-refractivity contribution in [3.05, 3.63) is 24.3 Å². The van der Waals surface area contributed by atoms with E-state index in [2.05, 4.69) is 15.0 Å². The molecular weight excluding hydrogens is 170 g/mol. The van der Waals surface area contributed by atoms with Crippen molar-refractivity contribution < 1.29 is 9.90 Å². The number of nitrogens with zero attached hydrogens (tertiary/aromatic N) is 2. The normalized spacial score (nSPS) is 10.5. The molecule has 0 aliphatic heterocycles. The van der Waals surface area contributed by atoms with Gasteiger partial charge in [0.1, 0.15) is 12.2 Å². The average molecular weight is 177 g/mol. The number of pyridine rings is 1. The molecule has 0 bridgehead atoms. The number of hydrogen-bond donors (Lipinski definition) is 2. The molecule has 5 heteroatoms. The van der Waals surface area contributed by atoms with Crippen LogP contribution in [0.1, 0.15) is 5.82 Å². The zero-order valence-corrected chi connectivity index (χ0v) is 6.69. The van der Waals surface area contributed by atoms with Crippen LogP contribution in [0.3, 0.4) is 0 Å². The fraction of sp³-hybridized carbons (Fsp3) is 0.125. The predicted molar refractivity (Wildman–Crippen MR) is 45.2 cm³/mol. The van der Waals surface area contributed by atoms with Crippen LogP contribution in [0.5, 0.6) is 0 Å². The summed E-state index contributed by atoms with van der Waals surface area (Å²) in [4.78, 5) is 21.2. The standard InChI is InChI=1S/C8H7N3O2/c12-8(13)3-7-10-5-1-2-9-4-6(5)11-7/h1-2,4H,3H2,(H,10,11)(H,12,13). The minimum absolute atomic E-state index is 0.0886. The highest BCUT2D eigenvalue weighted by Gasteiger charge is 2.05. The number of rotatable bonds is 2. The molecule has 0 saturated carbocycles. The first kappa shape index (κ1) is 7.72. The molecule has 2 aromatic heterocycles. The largest absolute Gasteiger partial charge is 0.481 e. The number of fused-ring (bicyclic) bond motifs is 1. The van der Waals surface area contributed by atoms with E-state index in [9.17, 15) is 4.79 Å². The molecule has 0 aliphatic rings. The average Bonchev–Trinajstić information content (AvgIpc) is 2.44. The lowest BCUT2D eigenvalue weighted by atomic mass is 10.4. The summed E-state index contributed by atoms with van der Waals surface area (Å²) in [7, 11) is 0. The second-order valence-corrected chi connectivity index (χ2v) is 2.65. The molecule has 13 heavy (non-hydrogen) atoms. The third kappa shape index (κ3) is 1.48. The molecule has 0 aromatic carbocycles. The number of hydrogen-bond acceptors (Lipinski definition) is 3. The molecule has 2 N–H and O–H groups in total. The van der Waals surface area contributed by atoms with Gasteiger partial charge in [0.2, 0.25) is 0 Å². The first-order valence-electron chi connectivity index (χ1n) is 3.76. The van der Waals surface area contributed by atoms with Gasteiger partial charge in [0.25, 0.3) is 0 Å². The Hall–Kier alpha value is -1.91. The predicted octanol–water partition coefficient (Wildman–Crippen LogP) is 0.585. The Labute approximate surface area is 73.4 Å². The molecule has 2 rings (SSSR count). The fourth-order valence-electron chi connectivity index (χ4n) is 1.14. The Morgan fingerprint density at radius 1 is 1.62 bits per heavy atom. The van der Waals surface area contributed by atoms with Gasteiger partial charge in [-0.15, -0.1) is 0 Å². The smallest absolute Gasteiger partial charge is 0.311 e. The van der Waals surface area contributed by atoms with Crippen LogP contribution in [0.2, 0.25) is 0 Å². The van der Waals surface area contributed by atoms with Crippen LogP contribution in [-0.2, 0) is 11.2 Å². The number of aromatic amines is 1. The Bertz CT molecular complexity index is 416. The van der Waals surface area contributed by atoms with Gasteiger partial charge >= 0.3 is 5.97 Å². The van der Waals surface area contributed by atoms with Gasteiger partial charge in [0, 0.05) is 6.20 Å². The molecule has 0 spiro atoms. The third-order valence-electron chi connectivity index (χ3n) is 1.65. The second-order valence-electron chi connectivity index (χ2n) is 2.65. The molecule has 2 aromatic rings. The van der Waals surface area contributed by atoms with E-state index < -0.39 is 5.97 Å². The summed E-state index contributed by atoms with van der Waals surface area (Å²) in [5.74, 6) is -0.442. The van der Waals surface area contributed by atoms with Crippen molar-refractivity contribution in [2.75, 3.05) is 0 Å². The van der Waals surface area contributed by atoms with Crippen molar-refractivity contribution in [2.24, 2.45) is 0 Å². The van der Waals surface area contributed by atoms with Gasteiger partial charge in [-0.2, -0.15) is 0 Å². The molecule has 0 unspecified atom stereocenters. The minimum Gasteiger partial charge on any atom is -0.481 e. The molecule has 0 atom stereocenters. The van der Waals surface area contributed by atoms with E-state index in [1.807, 2.05) is 0 Å². The number of aliphatic carboxylic acids is 1. The highest BCUT2D eigenvalue weighted by molar-refractivity contribution is 5.76. The van der Waals surface area contributed by atoms with Crippen molar-refractivity contribution >= 4 is 17.0 Å². The maximum Gasteiger partial charge on any atom is 0.311 e. The molecule has 0 amide bonds. The minimum atomic E-state index is -0.896. The van der Waals surface area contributed by atoms with Crippen molar-refractivity contribution in [2.45, 2.75) is 6.42 Å². The van der Waals surface area contributed by atoms with Crippen molar-refractivity contribution in [3.63, 3.8) is 0 Å². The SMILES string of the molecule is O=C(O)Cc1nc2ccncc2[nH]1. The summed E-state index contributed by atoms with van der Waals surface area (Å²) in [6, 6.07) is 1.73. The first-order chi connectivity index (χ1) is 6.25. The van der Waals surface area contributed by atoms with E-state index in [1.54, 1.807) is 18.5 Å². The number of aromatic nitrogens is 3. The summed E-state index contributed by atoms with van der Waals surface area (Å²) < 4.78 is 0. The summed E-state index contributed by atoms with van der Waals surface area (Å²) in [6.45, 7) is 0. The molecular formula is C8H7N3O2. The van der Waals surface area contributed by atoms with E-state index in [0.29, 0.717) is 5.82 Å². The Morgan fingerprint density at radius 3 is 3.15 bits per heavy atom. The van der Waals surface area contributed by atoms with Gasteiger partial charge in [-0.25, -0.2) is 4.98 Å². The number of imidazole rings is 1. The van der Waals surface area contributed by atoms with Gasteiger partial charge in [-0.05, 0) is 6.07 Å². The van der Waals surface area contributed by atoms with Crippen LogP contribution in [0, 0.1) is 0 Å². The molecule has 0 radical (unpaired) electrons. The lowest BCUT2D eigenvalue weighted by Gasteiger charge is -1.86. The monoisotopic (exact) mass is 177 g/mol. The first-order valence-corrected chi connectivity index (χ1v) is 3.76. The van der Waals surface area contributed by atoms with Crippen molar-refractivity contribution in [1.82, 2.24) is 15.0 Å². The lowest BCUT2D eigenvalue weighted by molar-refractivity contribution is -0.136. The second kappa shape index (κ2) is 2.85. The molecule has 0 aliphatic carbocycles. The summed E-state index contributed by atoms with van der Waals surface area (Å²) in [5.41, 5.74) is 1.50. The van der Waals surface area contributed by atoms with Crippen LogP contribution in [0.25, 0.3) is 11.0 Å². The quantitative estimate of drug-likeness (QED) is 0.703. The molecule has 66 valence electrons. The lowest BCUT2D eigenvalue weighted by Crippen LogP contribution is -2.01. The van der Waals surface area contributed by atoms with Crippen LogP contribution in [0.4, 0.5) is 0 Å². The topological polar surface area (TPSA) is 78.9 Å². The highest BCUT2D eigenvalue weighted by Crippen LogP contribution is 2.08. The van der Waals surface area contributed by atoms with E-state index in [-0.39, 0.29) is 6.42 Å². The van der Waals surface area contributed by atoms with Crippen LogP contribution >= 0.6 is 0 Å². The van der Waals surface area contributed by atoms with Gasteiger partial charge in [0.15, 0.2) is 0 Å². The zero-order chi connectivity index (χ0) is 9.26. The molecule has 5 nitrogen and oxygen atoms in total. The number of H-pyrrole nitrogens is 1. The van der Waals surface area contributed by atoms with Gasteiger partial charge < -0.3 is 10.1 Å². The highest BCUT2D eigenvalue weighted by atomic mass is 16.4. The van der Waals surface area contributed by atoms with E-state index in [1.165, 1.54) is 0 Å². The number of carboxylic acids is 1. The summed E-state index contributed by atoms with van der Waals surface area (Å²) in [6.07, 6.45) is 3.15.